The second kappa shape index (κ2) is 7.36. The molecule has 0 saturated carbocycles. The van der Waals surface area contributed by atoms with Crippen LogP contribution in [0.4, 0.5) is 0 Å². The maximum Gasteiger partial charge on any atom is 0.144 e. The van der Waals surface area contributed by atoms with Gasteiger partial charge in [0.1, 0.15) is 5.84 Å². The van der Waals surface area contributed by atoms with Crippen molar-refractivity contribution in [2.75, 3.05) is 6.61 Å². The minimum Gasteiger partial charge on any atom is -0.409 e. The highest BCUT2D eigenvalue weighted by molar-refractivity contribution is 6.31. The van der Waals surface area contributed by atoms with Gasteiger partial charge in [0.15, 0.2) is 0 Å². The van der Waals surface area contributed by atoms with E-state index >= 15 is 0 Å². The van der Waals surface area contributed by atoms with Crippen LogP contribution in [0.5, 0.6) is 0 Å². The molecule has 5 heteroatoms. The van der Waals surface area contributed by atoms with Crippen LogP contribution >= 0.6 is 11.6 Å². The van der Waals surface area contributed by atoms with Crippen LogP contribution in [-0.2, 0) is 11.3 Å². The van der Waals surface area contributed by atoms with E-state index in [4.69, 9.17) is 27.3 Å². The van der Waals surface area contributed by atoms with Crippen LogP contribution in [0.3, 0.4) is 0 Å². The Morgan fingerprint density at radius 1 is 1.42 bits per heavy atom. The highest BCUT2D eigenvalue weighted by Crippen LogP contribution is 2.22. The van der Waals surface area contributed by atoms with Gasteiger partial charge in [-0.15, -0.1) is 0 Å². The van der Waals surface area contributed by atoms with Crippen LogP contribution in [0.15, 0.2) is 29.4 Å². The van der Waals surface area contributed by atoms with E-state index in [1.165, 1.54) is 0 Å². The molecule has 0 aliphatic carbocycles. The second-order valence-corrected chi connectivity index (χ2v) is 5.52. The van der Waals surface area contributed by atoms with Crippen LogP contribution in [-0.4, -0.2) is 17.6 Å². The summed E-state index contributed by atoms with van der Waals surface area (Å²) in [5.41, 5.74) is 6.29. The van der Waals surface area contributed by atoms with Crippen LogP contribution in [0, 0.1) is 5.41 Å². The minimum atomic E-state index is -0.317. The van der Waals surface area contributed by atoms with E-state index in [9.17, 15) is 0 Å². The Kier molecular flexibility index (Phi) is 6.12. The van der Waals surface area contributed by atoms with Crippen molar-refractivity contribution in [2.24, 2.45) is 16.3 Å². The summed E-state index contributed by atoms with van der Waals surface area (Å²) in [7, 11) is 0. The summed E-state index contributed by atoms with van der Waals surface area (Å²) in [6.07, 6.45) is 1.64. The Balaban J connectivity index is 2.27. The fourth-order valence-electron chi connectivity index (χ4n) is 1.68. The van der Waals surface area contributed by atoms with Gasteiger partial charge < -0.3 is 15.7 Å². The Morgan fingerprint density at radius 3 is 2.74 bits per heavy atom. The van der Waals surface area contributed by atoms with Crippen molar-refractivity contribution in [1.82, 2.24) is 0 Å². The summed E-state index contributed by atoms with van der Waals surface area (Å²) < 4.78 is 5.58. The Hall–Kier alpha value is -1.26. The predicted octanol–water partition coefficient (Wildman–Crippen LogP) is 3.41. The highest BCUT2D eigenvalue weighted by atomic mass is 35.5. The summed E-state index contributed by atoms with van der Waals surface area (Å²) in [5.74, 6) is 0.249. The zero-order valence-electron chi connectivity index (χ0n) is 11.4. The molecule has 0 aliphatic rings. The van der Waals surface area contributed by atoms with Crippen molar-refractivity contribution in [1.29, 1.82) is 0 Å². The molecular formula is C14H21ClN2O2. The molecule has 106 valence electrons. The standard InChI is InChI=1S/C14H21ClN2O2/c1-14(2,13(16)17-18)8-5-9-19-10-11-6-3-4-7-12(11)15/h3-4,6-7,18H,5,8-10H2,1-2H3,(H2,16,17). The van der Waals surface area contributed by atoms with Gasteiger partial charge in [0.2, 0.25) is 0 Å². The SMILES string of the molecule is CC(C)(CCCOCc1ccccc1Cl)C(N)=NO. The lowest BCUT2D eigenvalue weighted by molar-refractivity contribution is 0.112. The Labute approximate surface area is 119 Å². The molecule has 0 aliphatic heterocycles. The number of nitrogens with zero attached hydrogens (tertiary/aromatic N) is 1. The number of oxime groups is 1. The molecule has 1 rings (SSSR count). The van der Waals surface area contributed by atoms with Gasteiger partial charge >= 0.3 is 0 Å². The van der Waals surface area contributed by atoms with Gasteiger partial charge in [-0.25, -0.2) is 0 Å². The molecule has 0 bridgehead atoms. The molecule has 0 fully saturated rings. The Morgan fingerprint density at radius 2 is 2.11 bits per heavy atom. The molecule has 1 aromatic carbocycles. The fourth-order valence-corrected chi connectivity index (χ4v) is 1.87. The van der Waals surface area contributed by atoms with Crippen molar-refractivity contribution in [2.45, 2.75) is 33.3 Å². The van der Waals surface area contributed by atoms with E-state index in [1.807, 2.05) is 38.1 Å². The monoisotopic (exact) mass is 284 g/mol. The second-order valence-electron chi connectivity index (χ2n) is 5.12. The zero-order valence-corrected chi connectivity index (χ0v) is 12.2. The quantitative estimate of drug-likeness (QED) is 0.265. The number of hydrogen-bond donors (Lipinski definition) is 2. The molecule has 0 unspecified atom stereocenters. The van der Waals surface area contributed by atoms with Crippen LogP contribution in [0.2, 0.25) is 5.02 Å². The van der Waals surface area contributed by atoms with Gasteiger partial charge in [0.25, 0.3) is 0 Å². The third-order valence-electron chi connectivity index (χ3n) is 3.11. The van der Waals surface area contributed by atoms with Gasteiger partial charge in [-0.2, -0.15) is 0 Å². The average molecular weight is 285 g/mol. The number of hydrogen-bond acceptors (Lipinski definition) is 3. The van der Waals surface area contributed by atoms with Crippen molar-refractivity contribution >= 4 is 17.4 Å². The molecule has 0 aromatic heterocycles. The normalized spacial score (nSPS) is 12.7. The summed E-state index contributed by atoms with van der Waals surface area (Å²) in [6, 6.07) is 7.63. The van der Waals surface area contributed by atoms with Crippen molar-refractivity contribution < 1.29 is 9.94 Å². The molecule has 1 aromatic rings. The number of rotatable bonds is 7. The number of benzene rings is 1. The molecule has 4 nitrogen and oxygen atoms in total. The average Bonchev–Trinajstić information content (AvgIpc) is 2.39. The summed E-state index contributed by atoms with van der Waals surface area (Å²) >= 11 is 6.03. The Bertz CT molecular complexity index is 433. The lowest BCUT2D eigenvalue weighted by Crippen LogP contribution is -2.32. The predicted molar refractivity (Wildman–Crippen MR) is 77.5 cm³/mol. The maximum absolute atomic E-state index is 8.67. The first kappa shape index (κ1) is 15.8. The molecular weight excluding hydrogens is 264 g/mol. The van der Waals surface area contributed by atoms with Gasteiger partial charge in [-0.3, -0.25) is 0 Å². The molecule has 0 atom stereocenters. The van der Waals surface area contributed by atoms with Gasteiger partial charge in [-0.1, -0.05) is 48.8 Å². The topological polar surface area (TPSA) is 67.8 Å². The molecule has 0 spiro atoms. The lowest BCUT2D eigenvalue weighted by atomic mass is 9.87. The number of nitrogens with two attached hydrogens (primary N) is 1. The summed E-state index contributed by atoms with van der Waals surface area (Å²) in [4.78, 5) is 0. The smallest absolute Gasteiger partial charge is 0.144 e. The first-order chi connectivity index (χ1) is 8.97. The van der Waals surface area contributed by atoms with Crippen LogP contribution in [0.25, 0.3) is 0 Å². The third-order valence-corrected chi connectivity index (χ3v) is 3.48. The van der Waals surface area contributed by atoms with E-state index in [0.717, 1.165) is 23.4 Å². The molecule has 0 radical (unpaired) electrons. The highest BCUT2D eigenvalue weighted by Gasteiger charge is 2.22. The van der Waals surface area contributed by atoms with Gasteiger partial charge in [0, 0.05) is 17.0 Å². The van der Waals surface area contributed by atoms with Crippen molar-refractivity contribution in [3.05, 3.63) is 34.9 Å². The summed E-state index contributed by atoms with van der Waals surface area (Å²) in [6.45, 7) is 5.00. The lowest BCUT2D eigenvalue weighted by Gasteiger charge is -2.22. The molecule has 19 heavy (non-hydrogen) atoms. The van der Waals surface area contributed by atoms with E-state index < -0.39 is 0 Å². The third kappa shape index (κ3) is 5.09. The molecule has 0 amide bonds. The first-order valence-corrected chi connectivity index (χ1v) is 6.64. The van der Waals surface area contributed by atoms with Crippen LogP contribution < -0.4 is 5.73 Å². The molecule has 0 saturated heterocycles. The van der Waals surface area contributed by atoms with Crippen molar-refractivity contribution in [3.8, 4) is 0 Å². The van der Waals surface area contributed by atoms with E-state index in [-0.39, 0.29) is 11.3 Å². The van der Waals surface area contributed by atoms with Crippen molar-refractivity contribution in [3.63, 3.8) is 0 Å². The largest absolute Gasteiger partial charge is 0.409 e. The van der Waals surface area contributed by atoms with E-state index in [2.05, 4.69) is 5.16 Å². The number of halogens is 1. The van der Waals surface area contributed by atoms with Crippen LogP contribution in [0.1, 0.15) is 32.3 Å². The van der Waals surface area contributed by atoms with E-state index in [1.54, 1.807) is 0 Å². The van der Waals surface area contributed by atoms with E-state index in [0.29, 0.717) is 13.2 Å². The summed E-state index contributed by atoms with van der Waals surface area (Å²) in [5, 5.41) is 12.4. The maximum atomic E-state index is 8.67. The van der Waals surface area contributed by atoms with Gasteiger partial charge in [-0.05, 0) is 24.5 Å². The zero-order chi connectivity index (χ0) is 14.3. The number of ether oxygens (including phenoxy) is 1. The van der Waals surface area contributed by atoms with Gasteiger partial charge in [0.05, 0.1) is 6.61 Å². The molecule has 0 heterocycles. The number of amidine groups is 1. The minimum absolute atomic E-state index is 0.249. The fraction of sp³-hybridized carbons (Fsp3) is 0.500. The molecule has 3 N–H and O–H groups in total. The first-order valence-electron chi connectivity index (χ1n) is 6.26.